The number of aromatic nitrogens is 3. The van der Waals surface area contributed by atoms with Crippen molar-refractivity contribution in [1.29, 1.82) is 5.26 Å². The predicted molar refractivity (Wildman–Crippen MR) is 187 cm³/mol. The van der Waals surface area contributed by atoms with Gasteiger partial charge in [-0.2, -0.15) is 5.26 Å². The number of para-hydroxylation sites is 3. The Bertz CT molecular complexity index is 2460. The highest BCUT2D eigenvalue weighted by Crippen LogP contribution is 2.43. The Labute approximate surface area is 267 Å². The first kappa shape index (κ1) is 27.8. The standard InChI is InChI=1S/C41H32N4O/c1-24(2)31-20-28(26-11-6-5-7-12-26)21-32(25(3)4)39(31)45-37-16-9-8-15-35(37)44-41(45)30-14-10-13-29-34-19-27-17-18-43-36(23-42)33(27)22-38(34)46-40(29)30/h5-22,24-25H,1-4H3. The van der Waals surface area contributed by atoms with Gasteiger partial charge in [0.25, 0.3) is 0 Å². The maximum absolute atomic E-state index is 9.70. The lowest BCUT2D eigenvalue weighted by Crippen LogP contribution is -2.09. The van der Waals surface area contributed by atoms with Crippen LogP contribution in [0.4, 0.5) is 0 Å². The minimum atomic E-state index is 0.266. The van der Waals surface area contributed by atoms with Gasteiger partial charge in [-0.25, -0.2) is 9.97 Å². The van der Waals surface area contributed by atoms with Crippen molar-refractivity contribution in [2.45, 2.75) is 39.5 Å². The van der Waals surface area contributed by atoms with Crippen molar-refractivity contribution in [2.24, 2.45) is 0 Å². The van der Waals surface area contributed by atoms with Gasteiger partial charge in [0.15, 0.2) is 0 Å². The van der Waals surface area contributed by atoms with Gasteiger partial charge < -0.3 is 4.42 Å². The highest BCUT2D eigenvalue weighted by Gasteiger charge is 2.25. The van der Waals surface area contributed by atoms with Gasteiger partial charge in [-0.05, 0) is 88.0 Å². The Balaban J connectivity index is 1.46. The van der Waals surface area contributed by atoms with Crippen molar-refractivity contribution in [2.75, 3.05) is 0 Å². The number of pyridine rings is 1. The van der Waals surface area contributed by atoms with Crippen LogP contribution in [0.5, 0.6) is 0 Å². The second-order valence-electron chi connectivity index (χ2n) is 12.6. The van der Waals surface area contributed by atoms with Crippen LogP contribution in [0.2, 0.25) is 0 Å². The molecule has 0 N–H and O–H groups in total. The van der Waals surface area contributed by atoms with E-state index in [1.165, 1.54) is 27.9 Å². The van der Waals surface area contributed by atoms with Crippen LogP contribution < -0.4 is 0 Å². The highest BCUT2D eigenvalue weighted by atomic mass is 16.3. The van der Waals surface area contributed by atoms with Crippen LogP contribution in [0.15, 0.2) is 114 Å². The first-order valence-electron chi connectivity index (χ1n) is 15.8. The Kier molecular flexibility index (Phi) is 6.47. The van der Waals surface area contributed by atoms with Gasteiger partial charge in [0.1, 0.15) is 28.8 Å². The van der Waals surface area contributed by atoms with Crippen molar-refractivity contribution < 1.29 is 4.42 Å². The molecule has 5 heteroatoms. The van der Waals surface area contributed by atoms with Crippen LogP contribution in [0.3, 0.4) is 0 Å². The Morgan fingerprint density at radius 2 is 1.46 bits per heavy atom. The van der Waals surface area contributed by atoms with Crippen molar-refractivity contribution in [3.8, 4) is 34.3 Å². The Hall–Kier alpha value is -5.73. The lowest BCUT2D eigenvalue weighted by atomic mass is 9.88. The molecule has 8 rings (SSSR count). The van der Waals surface area contributed by atoms with Crippen molar-refractivity contribution in [1.82, 2.24) is 14.5 Å². The molecule has 0 saturated carbocycles. The number of imidazole rings is 1. The van der Waals surface area contributed by atoms with Crippen LogP contribution in [0.25, 0.3) is 71.9 Å². The number of hydrogen-bond acceptors (Lipinski definition) is 4. The maximum atomic E-state index is 9.70. The average Bonchev–Trinajstić information content (AvgIpc) is 3.64. The lowest BCUT2D eigenvalue weighted by Gasteiger charge is -2.24. The highest BCUT2D eigenvalue weighted by molar-refractivity contribution is 6.13. The summed E-state index contributed by atoms with van der Waals surface area (Å²) in [6.45, 7) is 9.08. The van der Waals surface area contributed by atoms with E-state index in [1.54, 1.807) is 6.20 Å². The molecule has 0 aliphatic carbocycles. The molecule has 0 unspecified atom stereocenters. The Morgan fingerprint density at radius 1 is 0.717 bits per heavy atom. The molecule has 0 aliphatic rings. The number of nitriles is 1. The van der Waals surface area contributed by atoms with Crippen LogP contribution in [-0.4, -0.2) is 14.5 Å². The van der Waals surface area contributed by atoms with Gasteiger partial charge in [-0.1, -0.05) is 82.3 Å². The minimum Gasteiger partial charge on any atom is -0.455 e. The van der Waals surface area contributed by atoms with Crippen LogP contribution in [-0.2, 0) is 0 Å². The quantitative estimate of drug-likeness (QED) is 0.198. The molecule has 3 aromatic heterocycles. The normalized spacial score (nSPS) is 11.8. The van der Waals surface area contributed by atoms with Crippen LogP contribution in [0.1, 0.15) is 56.4 Å². The van der Waals surface area contributed by atoms with E-state index in [1.807, 2.05) is 18.2 Å². The third-order valence-corrected chi connectivity index (χ3v) is 9.03. The molecule has 8 aromatic rings. The van der Waals surface area contributed by atoms with Gasteiger partial charge >= 0.3 is 0 Å². The lowest BCUT2D eigenvalue weighted by molar-refractivity contribution is 0.670. The molecule has 0 saturated heterocycles. The van der Waals surface area contributed by atoms with E-state index in [-0.39, 0.29) is 11.8 Å². The zero-order chi connectivity index (χ0) is 31.5. The number of fused-ring (bicyclic) bond motifs is 5. The second kappa shape index (κ2) is 10.7. The van der Waals surface area contributed by atoms with Gasteiger partial charge in [0, 0.05) is 22.4 Å². The SMILES string of the molecule is CC(C)c1cc(-c2ccccc2)cc(C(C)C)c1-n1c(-c2cccc3c2oc2cc4c(C#N)nccc4cc23)nc2ccccc21. The molecular formula is C41H32N4O. The van der Waals surface area contributed by atoms with E-state index in [2.05, 4.69) is 128 Å². The summed E-state index contributed by atoms with van der Waals surface area (Å²) in [7, 11) is 0. The monoisotopic (exact) mass is 596 g/mol. The molecular weight excluding hydrogens is 564 g/mol. The molecule has 0 aliphatic heterocycles. The summed E-state index contributed by atoms with van der Waals surface area (Å²) < 4.78 is 9.03. The summed E-state index contributed by atoms with van der Waals surface area (Å²) in [5, 5.41) is 13.5. The first-order valence-corrected chi connectivity index (χ1v) is 15.8. The summed E-state index contributed by atoms with van der Waals surface area (Å²) in [6.07, 6.45) is 1.68. The maximum Gasteiger partial charge on any atom is 0.149 e. The number of rotatable bonds is 5. The summed E-state index contributed by atoms with van der Waals surface area (Å²) in [5.41, 5.74) is 10.9. The molecule has 46 heavy (non-hydrogen) atoms. The number of hydrogen-bond donors (Lipinski definition) is 0. The summed E-state index contributed by atoms with van der Waals surface area (Å²) in [5.74, 6) is 1.37. The van der Waals surface area contributed by atoms with Crippen molar-refractivity contribution >= 4 is 43.7 Å². The number of furan rings is 1. The fourth-order valence-corrected chi connectivity index (χ4v) is 6.78. The minimum absolute atomic E-state index is 0.266. The molecule has 5 nitrogen and oxygen atoms in total. The Morgan fingerprint density at radius 3 is 2.20 bits per heavy atom. The third-order valence-electron chi connectivity index (χ3n) is 9.03. The van der Waals surface area contributed by atoms with Gasteiger partial charge in [-0.3, -0.25) is 4.57 Å². The largest absolute Gasteiger partial charge is 0.455 e. The van der Waals surface area contributed by atoms with Gasteiger partial charge in [0.2, 0.25) is 0 Å². The number of benzene rings is 5. The third kappa shape index (κ3) is 4.29. The fraction of sp³-hybridized carbons (Fsp3) is 0.146. The van der Waals surface area contributed by atoms with E-state index in [0.717, 1.165) is 55.1 Å². The van der Waals surface area contributed by atoms with Gasteiger partial charge in [0.05, 0.1) is 22.3 Å². The fourth-order valence-electron chi connectivity index (χ4n) is 6.78. The van der Waals surface area contributed by atoms with Crippen molar-refractivity contribution in [3.63, 3.8) is 0 Å². The molecule has 0 atom stereocenters. The van der Waals surface area contributed by atoms with E-state index in [4.69, 9.17) is 9.40 Å². The molecule has 0 spiro atoms. The van der Waals surface area contributed by atoms with E-state index in [9.17, 15) is 5.26 Å². The molecule has 3 heterocycles. The zero-order valence-electron chi connectivity index (χ0n) is 26.2. The zero-order valence-corrected chi connectivity index (χ0v) is 26.2. The van der Waals surface area contributed by atoms with E-state index >= 15 is 0 Å². The predicted octanol–water partition coefficient (Wildman–Crippen LogP) is 10.9. The molecule has 0 bridgehead atoms. The van der Waals surface area contributed by atoms with Crippen LogP contribution in [0, 0.1) is 11.3 Å². The summed E-state index contributed by atoms with van der Waals surface area (Å²) >= 11 is 0. The van der Waals surface area contributed by atoms with Crippen molar-refractivity contribution in [3.05, 3.63) is 126 Å². The summed E-state index contributed by atoms with van der Waals surface area (Å²) in [6, 6.07) is 38.2. The van der Waals surface area contributed by atoms with Crippen LogP contribution >= 0.6 is 0 Å². The topological polar surface area (TPSA) is 67.6 Å². The molecule has 0 fully saturated rings. The van der Waals surface area contributed by atoms with Gasteiger partial charge in [-0.15, -0.1) is 0 Å². The van der Waals surface area contributed by atoms with E-state index in [0.29, 0.717) is 5.69 Å². The number of nitrogens with zero attached hydrogens (tertiary/aromatic N) is 4. The molecule has 5 aromatic carbocycles. The summed E-state index contributed by atoms with van der Waals surface area (Å²) in [4.78, 5) is 9.57. The van der Waals surface area contributed by atoms with E-state index < -0.39 is 0 Å². The first-order chi connectivity index (χ1) is 22.4. The smallest absolute Gasteiger partial charge is 0.149 e. The molecule has 222 valence electrons. The average molecular weight is 597 g/mol. The molecule has 0 amide bonds. The second-order valence-corrected chi connectivity index (χ2v) is 12.6. The molecule has 0 radical (unpaired) electrons.